The van der Waals surface area contributed by atoms with Gasteiger partial charge in [0.1, 0.15) is 0 Å². The van der Waals surface area contributed by atoms with Crippen LogP contribution in [0.3, 0.4) is 0 Å². The normalized spacial score (nSPS) is 12.8. The lowest BCUT2D eigenvalue weighted by Gasteiger charge is -2.26. The van der Waals surface area contributed by atoms with Gasteiger partial charge in [0, 0.05) is 0 Å². The van der Waals surface area contributed by atoms with Crippen molar-refractivity contribution < 1.29 is 32.2 Å². The molecule has 128 valence electrons. The minimum Gasteiger partial charge on any atom is -0.465 e. The fourth-order valence-electron chi connectivity index (χ4n) is 2.18. The molecule has 4 nitrogen and oxygen atoms in total. The number of carbonyl (C=O) groups excluding carboxylic acids is 2. The maximum absolute atomic E-state index is 13.4. The summed E-state index contributed by atoms with van der Waals surface area (Å²) >= 11 is 0. The van der Waals surface area contributed by atoms with Crippen LogP contribution in [0, 0.1) is 11.8 Å². The van der Waals surface area contributed by atoms with Gasteiger partial charge in [-0.3, -0.25) is 9.59 Å². The summed E-state index contributed by atoms with van der Waals surface area (Å²) in [5.41, 5.74) is 0.369. The molecule has 0 radical (unpaired) electrons. The Bertz CT molecular complexity index is 496. The molecule has 0 N–H and O–H groups in total. The summed E-state index contributed by atoms with van der Waals surface area (Å²) in [4.78, 5) is 23.8. The maximum atomic E-state index is 13.4. The average molecular weight is 332 g/mol. The summed E-state index contributed by atoms with van der Waals surface area (Å²) < 4.78 is 49.6. The highest BCUT2D eigenvalue weighted by atomic mass is 19.4. The van der Waals surface area contributed by atoms with Gasteiger partial charge in [-0.25, -0.2) is 0 Å². The van der Waals surface area contributed by atoms with Gasteiger partial charge in [-0.05, 0) is 25.8 Å². The zero-order valence-electron chi connectivity index (χ0n) is 12.9. The molecule has 1 atom stereocenters. The number of esters is 2. The number of ether oxygens (including phenoxy) is 2. The molecule has 7 heteroatoms. The molecule has 0 aromatic heterocycles. The first-order valence-corrected chi connectivity index (χ1v) is 7.25. The third-order valence-corrected chi connectivity index (χ3v) is 3.20. The largest absolute Gasteiger partial charge is 0.465 e. The van der Waals surface area contributed by atoms with E-state index in [-0.39, 0.29) is 13.2 Å². The lowest BCUT2D eigenvalue weighted by atomic mass is 9.86. The van der Waals surface area contributed by atoms with Crippen molar-refractivity contribution in [2.24, 2.45) is 11.8 Å². The molecular formula is C16H19F3O4. The summed E-state index contributed by atoms with van der Waals surface area (Å²) in [6, 6.07) is 7.86. The highest BCUT2D eigenvalue weighted by molar-refractivity contribution is 5.95. The van der Waals surface area contributed by atoms with E-state index in [1.807, 2.05) is 0 Å². The smallest absolute Gasteiger partial charge is 0.393 e. The predicted octanol–water partition coefficient (Wildman–Crippen LogP) is 3.15. The van der Waals surface area contributed by atoms with E-state index in [1.165, 1.54) is 26.0 Å². The first-order chi connectivity index (χ1) is 10.8. The van der Waals surface area contributed by atoms with Gasteiger partial charge < -0.3 is 9.47 Å². The van der Waals surface area contributed by atoms with Gasteiger partial charge in [-0.2, -0.15) is 13.2 Å². The number of hydrogen-bond donors (Lipinski definition) is 0. The van der Waals surface area contributed by atoms with Gasteiger partial charge in [0.05, 0.1) is 19.1 Å². The quantitative estimate of drug-likeness (QED) is 0.568. The molecule has 0 aliphatic rings. The molecule has 0 heterocycles. The van der Waals surface area contributed by atoms with E-state index in [1.54, 1.807) is 18.2 Å². The standard InChI is InChI=1S/C16H19F3O4/c1-3-22-14(20)13(15(21)23-4-2)12(16(17,18)19)10-11-8-6-5-7-9-11/h5-9,12-13H,3-4,10H2,1-2H3. The topological polar surface area (TPSA) is 52.6 Å². The minimum absolute atomic E-state index is 0.120. The van der Waals surface area contributed by atoms with Crippen molar-refractivity contribution in [3.05, 3.63) is 35.9 Å². The number of alkyl halides is 3. The van der Waals surface area contributed by atoms with Crippen molar-refractivity contribution in [3.63, 3.8) is 0 Å². The molecule has 0 spiro atoms. The summed E-state index contributed by atoms with van der Waals surface area (Å²) in [7, 11) is 0. The first kappa shape index (κ1) is 19.0. The van der Waals surface area contributed by atoms with E-state index in [9.17, 15) is 22.8 Å². The Balaban J connectivity index is 3.16. The zero-order chi connectivity index (χ0) is 17.5. The molecular weight excluding hydrogens is 313 g/mol. The minimum atomic E-state index is -4.75. The van der Waals surface area contributed by atoms with Crippen molar-refractivity contribution >= 4 is 11.9 Å². The van der Waals surface area contributed by atoms with Crippen LogP contribution in [-0.4, -0.2) is 31.3 Å². The molecule has 1 rings (SSSR count). The number of rotatable bonds is 7. The Morgan fingerprint density at radius 3 is 1.87 bits per heavy atom. The average Bonchev–Trinajstić information content (AvgIpc) is 2.47. The predicted molar refractivity (Wildman–Crippen MR) is 76.4 cm³/mol. The maximum Gasteiger partial charge on any atom is 0.393 e. The van der Waals surface area contributed by atoms with Crippen LogP contribution >= 0.6 is 0 Å². The van der Waals surface area contributed by atoms with E-state index < -0.39 is 36.4 Å². The third-order valence-electron chi connectivity index (χ3n) is 3.20. The Morgan fingerprint density at radius 1 is 1.00 bits per heavy atom. The lowest BCUT2D eigenvalue weighted by molar-refractivity contribution is -0.205. The van der Waals surface area contributed by atoms with Crippen LogP contribution in [0.15, 0.2) is 30.3 Å². The molecule has 0 aliphatic heterocycles. The molecule has 1 aromatic carbocycles. The molecule has 0 saturated heterocycles. The zero-order valence-corrected chi connectivity index (χ0v) is 12.9. The van der Waals surface area contributed by atoms with E-state index in [2.05, 4.69) is 9.47 Å². The number of benzene rings is 1. The van der Waals surface area contributed by atoms with Crippen LogP contribution < -0.4 is 0 Å². The van der Waals surface area contributed by atoms with Crippen molar-refractivity contribution in [1.29, 1.82) is 0 Å². The second-order valence-corrected chi connectivity index (χ2v) is 4.82. The summed E-state index contributed by atoms with van der Waals surface area (Å²) in [6.45, 7) is 2.68. The fourth-order valence-corrected chi connectivity index (χ4v) is 2.18. The highest BCUT2D eigenvalue weighted by Crippen LogP contribution is 2.36. The second-order valence-electron chi connectivity index (χ2n) is 4.82. The Morgan fingerprint density at radius 2 is 1.48 bits per heavy atom. The Hall–Kier alpha value is -2.05. The lowest BCUT2D eigenvalue weighted by Crippen LogP contribution is -2.42. The van der Waals surface area contributed by atoms with Crippen LogP contribution in [-0.2, 0) is 25.5 Å². The molecule has 0 saturated carbocycles. The van der Waals surface area contributed by atoms with Crippen molar-refractivity contribution in [1.82, 2.24) is 0 Å². The van der Waals surface area contributed by atoms with Gasteiger partial charge in [-0.15, -0.1) is 0 Å². The molecule has 1 aromatic rings. The van der Waals surface area contributed by atoms with E-state index >= 15 is 0 Å². The summed E-state index contributed by atoms with van der Waals surface area (Å²) in [5.74, 6) is -6.67. The van der Waals surface area contributed by atoms with Gasteiger partial charge in [0.25, 0.3) is 0 Å². The number of halogens is 3. The number of hydrogen-bond acceptors (Lipinski definition) is 4. The summed E-state index contributed by atoms with van der Waals surface area (Å²) in [6.07, 6.45) is -5.26. The molecule has 1 unspecified atom stereocenters. The monoisotopic (exact) mass is 332 g/mol. The highest BCUT2D eigenvalue weighted by Gasteiger charge is 2.51. The Kier molecular flexibility index (Phi) is 7.06. The SMILES string of the molecule is CCOC(=O)C(C(=O)OCC)C(Cc1ccccc1)C(F)(F)F. The molecule has 0 fully saturated rings. The number of carbonyl (C=O) groups is 2. The molecule has 23 heavy (non-hydrogen) atoms. The van der Waals surface area contributed by atoms with Crippen LogP contribution in [0.4, 0.5) is 13.2 Å². The van der Waals surface area contributed by atoms with Crippen LogP contribution in [0.5, 0.6) is 0 Å². The fraction of sp³-hybridized carbons (Fsp3) is 0.500. The van der Waals surface area contributed by atoms with Gasteiger partial charge in [0.15, 0.2) is 5.92 Å². The molecule has 0 aliphatic carbocycles. The van der Waals surface area contributed by atoms with E-state index in [0.29, 0.717) is 5.56 Å². The van der Waals surface area contributed by atoms with E-state index in [4.69, 9.17) is 0 Å². The van der Waals surface area contributed by atoms with Gasteiger partial charge in [0.2, 0.25) is 0 Å². The van der Waals surface area contributed by atoms with Crippen LogP contribution in [0.25, 0.3) is 0 Å². The first-order valence-electron chi connectivity index (χ1n) is 7.25. The van der Waals surface area contributed by atoms with Crippen molar-refractivity contribution in [2.45, 2.75) is 26.4 Å². The van der Waals surface area contributed by atoms with Gasteiger partial charge >= 0.3 is 18.1 Å². The van der Waals surface area contributed by atoms with Crippen molar-refractivity contribution in [2.75, 3.05) is 13.2 Å². The third kappa shape index (κ3) is 5.58. The Labute approximate surface area is 132 Å². The molecule has 0 bridgehead atoms. The van der Waals surface area contributed by atoms with Crippen molar-refractivity contribution in [3.8, 4) is 0 Å². The van der Waals surface area contributed by atoms with Crippen LogP contribution in [0.2, 0.25) is 0 Å². The van der Waals surface area contributed by atoms with Crippen LogP contribution in [0.1, 0.15) is 19.4 Å². The second kappa shape index (κ2) is 8.55. The molecule has 0 amide bonds. The van der Waals surface area contributed by atoms with Gasteiger partial charge in [-0.1, -0.05) is 30.3 Å². The van der Waals surface area contributed by atoms with E-state index in [0.717, 1.165) is 0 Å². The summed E-state index contributed by atoms with van der Waals surface area (Å²) in [5, 5.41) is 0.